The predicted octanol–water partition coefficient (Wildman–Crippen LogP) is 3.21. The number of carboxylic acids is 1. The van der Waals surface area contributed by atoms with Gasteiger partial charge in [-0.25, -0.2) is 4.68 Å². The van der Waals surface area contributed by atoms with Gasteiger partial charge in [-0.1, -0.05) is 30.3 Å². The zero-order valence-electron chi connectivity index (χ0n) is 11.0. The number of aliphatic carboxylic acids is 1. The molecule has 0 saturated carbocycles. The van der Waals surface area contributed by atoms with Crippen LogP contribution in [0, 0.1) is 0 Å². The van der Waals surface area contributed by atoms with Gasteiger partial charge in [0.15, 0.2) is 0 Å². The molecule has 1 unspecified atom stereocenters. The van der Waals surface area contributed by atoms with Crippen LogP contribution in [-0.2, 0) is 4.79 Å². The summed E-state index contributed by atoms with van der Waals surface area (Å²) in [5, 5.41) is 14.6. The Bertz CT molecular complexity index is 727. The summed E-state index contributed by atoms with van der Waals surface area (Å²) in [6, 6.07) is 15.4. The van der Waals surface area contributed by atoms with Gasteiger partial charge in [0.1, 0.15) is 0 Å². The molecule has 4 nitrogen and oxygen atoms in total. The Kier molecular flexibility index (Phi) is 2.99. The van der Waals surface area contributed by atoms with Crippen LogP contribution in [0.3, 0.4) is 0 Å². The van der Waals surface area contributed by atoms with Crippen molar-refractivity contribution in [3.05, 3.63) is 60.3 Å². The summed E-state index contributed by atoms with van der Waals surface area (Å²) < 4.78 is 1.81. The Morgan fingerprint density at radius 3 is 2.50 bits per heavy atom. The molecule has 0 aliphatic rings. The fourth-order valence-electron chi connectivity index (χ4n) is 2.16. The second-order valence-corrected chi connectivity index (χ2v) is 4.78. The van der Waals surface area contributed by atoms with Gasteiger partial charge in [0.25, 0.3) is 0 Å². The van der Waals surface area contributed by atoms with Crippen LogP contribution in [0.2, 0.25) is 0 Å². The molecule has 0 bridgehead atoms. The van der Waals surface area contributed by atoms with Crippen molar-refractivity contribution < 1.29 is 9.90 Å². The number of fused-ring (bicyclic) bond motifs is 1. The summed E-state index contributed by atoms with van der Waals surface area (Å²) in [7, 11) is 0. The first-order chi connectivity index (χ1) is 9.65. The molecule has 0 aliphatic heterocycles. The second-order valence-electron chi connectivity index (χ2n) is 4.78. The minimum Gasteiger partial charge on any atom is -0.481 e. The Balaban J connectivity index is 1.96. The van der Waals surface area contributed by atoms with E-state index in [-0.39, 0.29) is 0 Å². The highest BCUT2D eigenvalue weighted by Crippen LogP contribution is 2.19. The first-order valence-electron chi connectivity index (χ1n) is 6.43. The van der Waals surface area contributed by atoms with Crippen LogP contribution in [-0.4, -0.2) is 20.9 Å². The Hall–Kier alpha value is -2.62. The monoisotopic (exact) mass is 266 g/mol. The topological polar surface area (TPSA) is 55.1 Å². The molecule has 1 N–H and O–H groups in total. The van der Waals surface area contributed by atoms with E-state index in [1.165, 1.54) is 0 Å². The zero-order chi connectivity index (χ0) is 14.1. The number of hydrogen-bond acceptors (Lipinski definition) is 2. The normalized spacial score (nSPS) is 12.4. The molecule has 2 aromatic carbocycles. The van der Waals surface area contributed by atoms with E-state index in [0.717, 1.165) is 22.2 Å². The molecule has 1 heterocycles. The third kappa shape index (κ3) is 2.16. The summed E-state index contributed by atoms with van der Waals surface area (Å²) in [6.07, 6.45) is 1.96. The number of aromatic nitrogens is 2. The van der Waals surface area contributed by atoms with E-state index >= 15 is 0 Å². The smallest absolute Gasteiger partial charge is 0.310 e. The molecule has 3 aromatic rings. The summed E-state index contributed by atoms with van der Waals surface area (Å²) in [4.78, 5) is 11.0. The molecule has 0 aliphatic carbocycles. The van der Waals surface area contributed by atoms with Crippen molar-refractivity contribution in [2.24, 2.45) is 0 Å². The lowest BCUT2D eigenvalue weighted by Gasteiger charge is -2.07. The Labute approximate surface area is 116 Å². The maximum Gasteiger partial charge on any atom is 0.310 e. The fraction of sp³-hybridized carbons (Fsp3) is 0.125. The molecule has 0 fully saturated rings. The number of rotatable bonds is 3. The number of carbonyl (C=O) groups is 1. The van der Waals surface area contributed by atoms with E-state index in [1.54, 1.807) is 11.6 Å². The van der Waals surface area contributed by atoms with Crippen LogP contribution in [0.4, 0.5) is 0 Å². The van der Waals surface area contributed by atoms with E-state index in [4.69, 9.17) is 5.11 Å². The van der Waals surface area contributed by atoms with Crippen molar-refractivity contribution in [1.29, 1.82) is 0 Å². The number of nitrogens with zero attached hydrogens (tertiary/aromatic N) is 2. The largest absolute Gasteiger partial charge is 0.481 e. The van der Waals surface area contributed by atoms with E-state index in [2.05, 4.69) is 5.10 Å². The van der Waals surface area contributed by atoms with Crippen molar-refractivity contribution in [3.63, 3.8) is 0 Å². The molecule has 20 heavy (non-hydrogen) atoms. The summed E-state index contributed by atoms with van der Waals surface area (Å²) in [5.74, 6) is -1.32. The van der Waals surface area contributed by atoms with E-state index in [1.807, 2.05) is 54.7 Å². The Morgan fingerprint density at radius 2 is 1.85 bits per heavy atom. The highest BCUT2D eigenvalue weighted by molar-refractivity contribution is 5.78. The van der Waals surface area contributed by atoms with Gasteiger partial charge in [0.2, 0.25) is 0 Å². The van der Waals surface area contributed by atoms with Crippen LogP contribution < -0.4 is 0 Å². The van der Waals surface area contributed by atoms with Crippen LogP contribution in [0.1, 0.15) is 18.4 Å². The minimum atomic E-state index is -0.817. The van der Waals surface area contributed by atoms with Gasteiger partial charge in [-0.2, -0.15) is 5.10 Å². The van der Waals surface area contributed by atoms with Gasteiger partial charge in [0.05, 0.1) is 17.1 Å². The lowest BCUT2D eigenvalue weighted by Crippen LogP contribution is -2.07. The second kappa shape index (κ2) is 4.81. The molecule has 0 amide bonds. The van der Waals surface area contributed by atoms with Gasteiger partial charge in [-0.05, 0) is 30.7 Å². The van der Waals surface area contributed by atoms with Crippen molar-refractivity contribution >= 4 is 16.9 Å². The van der Waals surface area contributed by atoms with Gasteiger partial charge < -0.3 is 5.11 Å². The Morgan fingerprint density at radius 1 is 1.15 bits per heavy atom. The molecule has 0 radical (unpaired) electrons. The maximum absolute atomic E-state index is 11.0. The minimum absolute atomic E-state index is 0.499. The average Bonchev–Trinajstić information content (AvgIpc) is 2.90. The van der Waals surface area contributed by atoms with Crippen LogP contribution in [0.5, 0.6) is 0 Å². The lowest BCUT2D eigenvalue weighted by atomic mass is 10.0. The number of hydrogen-bond donors (Lipinski definition) is 1. The van der Waals surface area contributed by atoms with Crippen molar-refractivity contribution in [3.8, 4) is 5.69 Å². The number of benzene rings is 2. The molecule has 0 saturated heterocycles. The van der Waals surface area contributed by atoms with Crippen LogP contribution >= 0.6 is 0 Å². The fourth-order valence-corrected chi connectivity index (χ4v) is 2.16. The average molecular weight is 266 g/mol. The van der Waals surface area contributed by atoms with Gasteiger partial charge >= 0.3 is 5.97 Å². The highest BCUT2D eigenvalue weighted by Gasteiger charge is 2.13. The first-order valence-corrected chi connectivity index (χ1v) is 6.43. The maximum atomic E-state index is 11.0. The van der Waals surface area contributed by atoms with Gasteiger partial charge in [-0.3, -0.25) is 4.79 Å². The molecular weight excluding hydrogens is 252 g/mol. The summed E-state index contributed by atoms with van der Waals surface area (Å²) >= 11 is 0. The van der Waals surface area contributed by atoms with E-state index < -0.39 is 11.9 Å². The third-order valence-corrected chi connectivity index (χ3v) is 3.44. The standard InChI is InChI=1S/C16H14N2O2/c1-11(16(19)20)12-6-8-14(9-7-12)18-10-13-4-2-3-5-15(13)17-18/h2-11H,1H3,(H,19,20). The lowest BCUT2D eigenvalue weighted by molar-refractivity contribution is -0.138. The SMILES string of the molecule is CC(C(=O)O)c1ccc(-n2cc3ccccc3n2)cc1. The predicted molar refractivity (Wildman–Crippen MR) is 77.1 cm³/mol. The molecule has 4 heteroatoms. The van der Waals surface area contributed by atoms with Gasteiger partial charge in [0, 0.05) is 11.6 Å². The molecular formula is C16H14N2O2. The quantitative estimate of drug-likeness (QED) is 0.792. The number of carboxylic acid groups (broad SMARTS) is 1. The highest BCUT2D eigenvalue weighted by atomic mass is 16.4. The zero-order valence-corrected chi connectivity index (χ0v) is 11.0. The molecule has 3 rings (SSSR count). The molecule has 0 spiro atoms. The van der Waals surface area contributed by atoms with Crippen LogP contribution in [0.25, 0.3) is 16.6 Å². The van der Waals surface area contributed by atoms with E-state index in [0.29, 0.717) is 0 Å². The molecule has 1 atom stereocenters. The summed E-state index contributed by atoms with van der Waals surface area (Å²) in [6.45, 7) is 1.68. The van der Waals surface area contributed by atoms with Crippen molar-refractivity contribution in [2.45, 2.75) is 12.8 Å². The van der Waals surface area contributed by atoms with E-state index in [9.17, 15) is 4.79 Å². The van der Waals surface area contributed by atoms with Crippen molar-refractivity contribution in [1.82, 2.24) is 9.78 Å². The molecule has 100 valence electrons. The third-order valence-electron chi connectivity index (χ3n) is 3.44. The molecule has 1 aromatic heterocycles. The van der Waals surface area contributed by atoms with Crippen LogP contribution in [0.15, 0.2) is 54.7 Å². The van der Waals surface area contributed by atoms with Gasteiger partial charge in [-0.15, -0.1) is 0 Å². The van der Waals surface area contributed by atoms with Crippen molar-refractivity contribution in [2.75, 3.05) is 0 Å². The first kappa shape index (κ1) is 12.4. The summed E-state index contributed by atoms with van der Waals surface area (Å²) in [5.41, 5.74) is 2.65.